The third-order valence-electron chi connectivity index (χ3n) is 4.01. The summed E-state index contributed by atoms with van der Waals surface area (Å²) in [6, 6.07) is -0.503. The van der Waals surface area contributed by atoms with Crippen LogP contribution >= 0.6 is 0 Å². The Hall–Kier alpha value is -3.12. The number of aliphatic carboxylic acids is 2. The van der Waals surface area contributed by atoms with E-state index in [4.69, 9.17) is 15.6 Å². The van der Waals surface area contributed by atoms with Gasteiger partial charge in [-0.15, -0.1) is 0 Å². The van der Waals surface area contributed by atoms with Gasteiger partial charge in [0, 0.05) is 6.42 Å². The van der Waals surface area contributed by atoms with Gasteiger partial charge in [0.05, 0.1) is 17.4 Å². The Morgan fingerprint density at radius 2 is 1.60 bits per heavy atom. The molecule has 1 aromatic carbocycles. The standard InChI is InChI=1S/C15H20F3N3O6S.C2HF3O2/c1-20-28(26,27)5-4-10(19)13(23)21-11(14(24)25)7-8-2-3-12(22)9(6-8)15(16,17)18;3-2(4,5)1(6)7/h2-3,6,10-11,20,22H,4-5,7,19H2,1H3,(H,21,23)(H,24,25);(H,6,7)/t10-,11-;/m0./s1. The minimum atomic E-state index is -5.08. The quantitative estimate of drug-likeness (QED) is 0.240. The van der Waals surface area contributed by atoms with Crippen LogP contribution in [0.2, 0.25) is 0 Å². The average molecular weight is 541 g/mol. The van der Waals surface area contributed by atoms with Crippen molar-refractivity contribution < 1.29 is 64.5 Å². The number of carbonyl (C=O) groups is 3. The largest absolute Gasteiger partial charge is 0.507 e. The molecule has 11 nitrogen and oxygen atoms in total. The second-order valence-electron chi connectivity index (χ2n) is 6.67. The van der Waals surface area contributed by atoms with E-state index in [2.05, 4.69) is 5.32 Å². The molecule has 200 valence electrons. The van der Waals surface area contributed by atoms with Crippen molar-refractivity contribution in [2.75, 3.05) is 12.8 Å². The molecule has 0 aliphatic heterocycles. The summed E-state index contributed by atoms with van der Waals surface area (Å²) in [6.07, 6.45) is -10.7. The zero-order valence-corrected chi connectivity index (χ0v) is 18.5. The van der Waals surface area contributed by atoms with Gasteiger partial charge in [-0.3, -0.25) is 4.79 Å². The number of rotatable bonds is 9. The Kier molecular flexibility index (Phi) is 11.4. The molecule has 0 saturated heterocycles. The topological polar surface area (TPSA) is 196 Å². The summed E-state index contributed by atoms with van der Waals surface area (Å²) in [4.78, 5) is 32.2. The van der Waals surface area contributed by atoms with Crippen molar-refractivity contribution in [3.63, 3.8) is 0 Å². The molecule has 1 rings (SSSR count). The lowest BCUT2D eigenvalue weighted by Gasteiger charge is -2.19. The van der Waals surface area contributed by atoms with Gasteiger partial charge in [-0.2, -0.15) is 26.3 Å². The molecular weight excluding hydrogens is 520 g/mol. The molecule has 18 heteroatoms. The zero-order chi connectivity index (χ0) is 27.8. The Balaban J connectivity index is 0.00000143. The minimum absolute atomic E-state index is 0.0934. The van der Waals surface area contributed by atoms with Crippen LogP contribution in [0.25, 0.3) is 0 Å². The predicted molar refractivity (Wildman–Crippen MR) is 106 cm³/mol. The number of phenolic OH excluding ortho intramolecular Hbond substituents is 1. The number of carboxylic acids is 2. The molecule has 7 N–H and O–H groups in total. The van der Waals surface area contributed by atoms with Crippen LogP contribution in [0.4, 0.5) is 26.3 Å². The Morgan fingerprint density at radius 1 is 1.09 bits per heavy atom. The normalized spacial score (nSPS) is 13.7. The summed E-state index contributed by atoms with van der Waals surface area (Å²) in [5.41, 5.74) is 4.11. The van der Waals surface area contributed by atoms with Gasteiger partial charge in [-0.25, -0.2) is 22.7 Å². The fraction of sp³-hybridized carbons (Fsp3) is 0.471. The number of hydrogen-bond donors (Lipinski definition) is 6. The van der Waals surface area contributed by atoms with Crippen molar-refractivity contribution in [1.82, 2.24) is 10.0 Å². The smallest absolute Gasteiger partial charge is 0.490 e. The van der Waals surface area contributed by atoms with Gasteiger partial charge in [0.2, 0.25) is 15.9 Å². The van der Waals surface area contributed by atoms with Crippen molar-refractivity contribution in [3.05, 3.63) is 29.3 Å². The fourth-order valence-corrected chi connectivity index (χ4v) is 2.94. The SMILES string of the molecule is CNS(=O)(=O)CC[C@H](N)C(=O)N[C@@H](Cc1ccc(O)c(C(F)(F)F)c1)C(=O)O.O=C(O)C(F)(F)F. The monoisotopic (exact) mass is 541 g/mol. The number of hydrogen-bond acceptors (Lipinski definition) is 7. The van der Waals surface area contributed by atoms with Gasteiger partial charge in [0.25, 0.3) is 0 Å². The number of benzene rings is 1. The van der Waals surface area contributed by atoms with E-state index in [9.17, 15) is 54.6 Å². The summed E-state index contributed by atoms with van der Waals surface area (Å²) in [5.74, 6) is -6.73. The van der Waals surface area contributed by atoms with E-state index in [1.165, 1.54) is 7.05 Å². The summed E-state index contributed by atoms with van der Waals surface area (Å²) >= 11 is 0. The first-order valence-corrected chi connectivity index (χ1v) is 10.8. The Morgan fingerprint density at radius 3 is 2.00 bits per heavy atom. The van der Waals surface area contributed by atoms with Gasteiger partial charge in [-0.1, -0.05) is 6.07 Å². The molecule has 1 aromatic rings. The number of carboxylic acid groups (broad SMARTS) is 2. The third kappa shape index (κ3) is 11.7. The van der Waals surface area contributed by atoms with Crippen LogP contribution < -0.4 is 15.8 Å². The van der Waals surface area contributed by atoms with Gasteiger partial charge in [0.1, 0.15) is 11.8 Å². The highest BCUT2D eigenvalue weighted by Crippen LogP contribution is 2.36. The predicted octanol–water partition coefficient (Wildman–Crippen LogP) is 0.423. The first kappa shape index (κ1) is 31.9. The van der Waals surface area contributed by atoms with E-state index < -0.39 is 75.8 Å². The van der Waals surface area contributed by atoms with Crippen LogP contribution in [-0.4, -0.2) is 72.6 Å². The van der Waals surface area contributed by atoms with Crippen molar-refractivity contribution >= 4 is 27.9 Å². The van der Waals surface area contributed by atoms with Gasteiger partial charge in [0.15, 0.2) is 0 Å². The summed E-state index contributed by atoms with van der Waals surface area (Å²) < 4.78 is 94.9. The number of nitrogens with one attached hydrogen (secondary N) is 2. The second-order valence-corrected chi connectivity index (χ2v) is 8.72. The highest BCUT2D eigenvalue weighted by molar-refractivity contribution is 7.89. The molecule has 0 radical (unpaired) electrons. The maximum Gasteiger partial charge on any atom is 0.490 e. The van der Waals surface area contributed by atoms with E-state index in [1.807, 2.05) is 4.72 Å². The van der Waals surface area contributed by atoms with Crippen LogP contribution in [-0.2, 0) is 37.0 Å². The first-order valence-electron chi connectivity index (χ1n) is 9.10. The molecule has 35 heavy (non-hydrogen) atoms. The molecule has 2 atom stereocenters. The second kappa shape index (κ2) is 12.5. The van der Waals surface area contributed by atoms with E-state index in [0.717, 1.165) is 12.1 Å². The summed E-state index contributed by atoms with van der Waals surface area (Å²) in [6.45, 7) is 0. The van der Waals surface area contributed by atoms with E-state index >= 15 is 0 Å². The maximum atomic E-state index is 12.8. The number of nitrogens with two attached hydrogens (primary N) is 1. The molecule has 0 saturated carbocycles. The van der Waals surface area contributed by atoms with Gasteiger partial charge >= 0.3 is 24.3 Å². The molecule has 0 spiro atoms. The zero-order valence-electron chi connectivity index (χ0n) is 17.6. The van der Waals surface area contributed by atoms with Crippen molar-refractivity contribution in [2.24, 2.45) is 5.73 Å². The van der Waals surface area contributed by atoms with Crippen LogP contribution in [0.15, 0.2) is 18.2 Å². The number of sulfonamides is 1. The first-order chi connectivity index (χ1) is 15.7. The van der Waals surface area contributed by atoms with Crippen LogP contribution in [0, 0.1) is 0 Å². The summed E-state index contributed by atoms with van der Waals surface area (Å²) in [5, 5.41) is 27.7. The number of alkyl halides is 6. The molecule has 0 aliphatic rings. The van der Waals surface area contributed by atoms with Crippen molar-refractivity contribution in [2.45, 2.75) is 37.3 Å². The molecule has 0 fully saturated rings. The van der Waals surface area contributed by atoms with Gasteiger partial charge < -0.3 is 26.4 Å². The molecule has 0 heterocycles. The molecular formula is C17H21F6N3O8S. The van der Waals surface area contributed by atoms with E-state index in [0.29, 0.717) is 6.07 Å². The van der Waals surface area contributed by atoms with E-state index in [-0.39, 0.29) is 12.0 Å². The Labute approximate surface area is 194 Å². The lowest BCUT2D eigenvalue weighted by Crippen LogP contribution is -2.50. The van der Waals surface area contributed by atoms with Crippen LogP contribution in [0.1, 0.15) is 17.5 Å². The number of carbonyl (C=O) groups excluding carboxylic acids is 1. The number of phenols is 1. The number of amides is 1. The van der Waals surface area contributed by atoms with Crippen LogP contribution in [0.5, 0.6) is 5.75 Å². The summed E-state index contributed by atoms with van der Waals surface area (Å²) in [7, 11) is -2.45. The maximum absolute atomic E-state index is 12.8. The van der Waals surface area contributed by atoms with Gasteiger partial charge in [-0.05, 0) is 31.2 Å². The highest BCUT2D eigenvalue weighted by Gasteiger charge is 2.38. The Bertz CT molecular complexity index is 1010. The number of aromatic hydroxyl groups is 1. The van der Waals surface area contributed by atoms with Crippen molar-refractivity contribution in [1.29, 1.82) is 0 Å². The fourth-order valence-electron chi connectivity index (χ4n) is 2.17. The molecule has 0 bridgehead atoms. The molecule has 0 aliphatic carbocycles. The minimum Gasteiger partial charge on any atom is -0.507 e. The lowest BCUT2D eigenvalue weighted by atomic mass is 10.0. The van der Waals surface area contributed by atoms with Crippen LogP contribution in [0.3, 0.4) is 0 Å². The molecule has 0 unspecified atom stereocenters. The molecule has 1 amide bonds. The van der Waals surface area contributed by atoms with Crippen molar-refractivity contribution in [3.8, 4) is 5.75 Å². The third-order valence-corrected chi connectivity index (χ3v) is 5.40. The average Bonchev–Trinajstić information content (AvgIpc) is 2.71. The highest BCUT2D eigenvalue weighted by atomic mass is 32.2. The molecule has 0 aromatic heterocycles. The van der Waals surface area contributed by atoms with E-state index in [1.54, 1.807) is 0 Å². The number of halogens is 6. The lowest BCUT2D eigenvalue weighted by molar-refractivity contribution is -0.192.